The Morgan fingerprint density at radius 3 is 2.48 bits per heavy atom. The maximum atomic E-state index is 12.4. The molecule has 0 saturated carbocycles. The lowest BCUT2D eigenvalue weighted by Gasteiger charge is -2.36. The quantitative estimate of drug-likeness (QED) is 0.714. The molecule has 25 heavy (non-hydrogen) atoms. The molecule has 0 aliphatic carbocycles. The third kappa shape index (κ3) is 3.29. The first-order valence-corrected chi connectivity index (χ1v) is 9.92. The van der Waals surface area contributed by atoms with E-state index in [2.05, 4.69) is 43.2 Å². The highest BCUT2D eigenvalue weighted by Gasteiger charge is 2.38. The Morgan fingerprint density at radius 1 is 1.00 bits per heavy atom. The van der Waals surface area contributed by atoms with Gasteiger partial charge in [-0.05, 0) is 39.5 Å². The van der Waals surface area contributed by atoms with Gasteiger partial charge in [-0.3, -0.25) is 24.3 Å². The van der Waals surface area contributed by atoms with Gasteiger partial charge in [-0.25, -0.2) is 0 Å². The highest BCUT2D eigenvalue weighted by molar-refractivity contribution is 9.10. The Balaban J connectivity index is 1.40. The number of fused-ring (bicyclic) bond motifs is 1. The molecule has 0 bridgehead atoms. The molecule has 2 aliphatic rings. The molecule has 0 radical (unpaired) electrons. The molecule has 1 aromatic carbocycles. The molecule has 0 atom stereocenters. The van der Waals surface area contributed by atoms with E-state index in [0.717, 1.165) is 32.7 Å². The number of nitrogens with zero attached hydrogens (tertiary/aromatic N) is 3. The minimum atomic E-state index is -0.428. The van der Waals surface area contributed by atoms with Gasteiger partial charge in [-0.15, -0.1) is 11.3 Å². The summed E-state index contributed by atoms with van der Waals surface area (Å²) in [7, 11) is 0. The van der Waals surface area contributed by atoms with Crippen molar-refractivity contribution < 1.29 is 9.59 Å². The Hall–Kier alpha value is -1.54. The number of rotatable bonds is 4. The third-order valence-electron chi connectivity index (χ3n) is 4.71. The fourth-order valence-electron chi connectivity index (χ4n) is 3.35. The van der Waals surface area contributed by atoms with Crippen LogP contribution in [0.4, 0.5) is 5.69 Å². The molecule has 0 spiro atoms. The Bertz CT molecular complexity index is 801. The number of carbonyl (C=O) groups excluding carboxylic acids is 2. The first kappa shape index (κ1) is 16.9. The molecule has 1 fully saturated rings. The summed E-state index contributed by atoms with van der Waals surface area (Å²) in [5.74, 6) is -0.846. The van der Waals surface area contributed by atoms with Gasteiger partial charge >= 0.3 is 5.91 Å². The van der Waals surface area contributed by atoms with Crippen LogP contribution in [-0.4, -0.2) is 54.3 Å². The van der Waals surface area contributed by atoms with E-state index in [1.54, 1.807) is 22.3 Å². The van der Waals surface area contributed by atoms with Crippen molar-refractivity contribution in [2.24, 2.45) is 0 Å². The van der Waals surface area contributed by atoms with Crippen LogP contribution in [0.1, 0.15) is 15.2 Å². The smallest absolute Gasteiger partial charge is 0.296 e. The van der Waals surface area contributed by atoms with Crippen molar-refractivity contribution >= 4 is 44.6 Å². The zero-order chi connectivity index (χ0) is 17.4. The van der Waals surface area contributed by atoms with E-state index in [1.165, 1.54) is 4.88 Å². The molecular formula is C18H18BrN3O2S. The summed E-state index contributed by atoms with van der Waals surface area (Å²) in [5.41, 5.74) is 1.20. The summed E-state index contributed by atoms with van der Waals surface area (Å²) in [4.78, 5) is 32.3. The predicted octanol–water partition coefficient (Wildman–Crippen LogP) is 2.82. The maximum Gasteiger partial charge on any atom is 0.300 e. The van der Waals surface area contributed by atoms with Gasteiger partial charge in [-0.2, -0.15) is 0 Å². The monoisotopic (exact) mass is 419 g/mol. The van der Waals surface area contributed by atoms with Gasteiger partial charge in [0.05, 0.1) is 17.9 Å². The summed E-state index contributed by atoms with van der Waals surface area (Å²) in [6.07, 6.45) is 0. The van der Waals surface area contributed by atoms with Crippen molar-refractivity contribution in [3.8, 4) is 0 Å². The average Bonchev–Trinajstić information content (AvgIpc) is 3.20. The number of hydrogen-bond donors (Lipinski definition) is 0. The van der Waals surface area contributed by atoms with Crippen LogP contribution >= 0.6 is 27.3 Å². The zero-order valence-electron chi connectivity index (χ0n) is 13.7. The number of benzene rings is 1. The van der Waals surface area contributed by atoms with E-state index in [-0.39, 0.29) is 0 Å². The zero-order valence-corrected chi connectivity index (χ0v) is 16.1. The van der Waals surface area contributed by atoms with E-state index >= 15 is 0 Å². The van der Waals surface area contributed by atoms with Crippen LogP contribution in [0.3, 0.4) is 0 Å². The van der Waals surface area contributed by atoms with Gasteiger partial charge in [0.25, 0.3) is 5.78 Å². The molecule has 7 heteroatoms. The second-order valence-corrected chi connectivity index (χ2v) is 8.20. The molecule has 4 rings (SSSR count). The number of amides is 1. The van der Waals surface area contributed by atoms with Crippen molar-refractivity contribution in [3.05, 3.63) is 50.6 Å². The number of hydrogen-bond acceptors (Lipinski definition) is 5. The third-order valence-corrected chi connectivity index (χ3v) is 6.24. The Labute approximate surface area is 159 Å². The molecule has 5 nitrogen and oxygen atoms in total. The Kier molecular flexibility index (Phi) is 4.73. The second kappa shape index (κ2) is 6.99. The number of ketones is 1. The molecule has 1 amide bonds. The lowest BCUT2D eigenvalue weighted by atomic mass is 10.1. The standard InChI is InChI=1S/C18H18BrN3O2S/c19-14-4-1-5-15-16(14)17(23)18(24)22(15)12-21-8-6-20(7-9-21)11-13-3-2-10-25-13/h1-5,10H,6-9,11-12H2. The number of Topliss-reactive ketones (excluding diaryl/α,β-unsaturated/α-hetero) is 1. The fourth-order valence-corrected chi connectivity index (χ4v) is 4.64. The normalized spacial score (nSPS) is 18.8. The predicted molar refractivity (Wildman–Crippen MR) is 102 cm³/mol. The summed E-state index contributed by atoms with van der Waals surface area (Å²) in [6, 6.07) is 9.76. The highest BCUT2D eigenvalue weighted by Crippen LogP contribution is 2.34. The van der Waals surface area contributed by atoms with Gasteiger partial charge < -0.3 is 0 Å². The largest absolute Gasteiger partial charge is 0.300 e. The van der Waals surface area contributed by atoms with Crippen LogP contribution in [0.25, 0.3) is 0 Å². The first-order valence-electron chi connectivity index (χ1n) is 8.25. The molecule has 2 aromatic rings. The number of piperazine rings is 1. The summed E-state index contributed by atoms with van der Waals surface area (Å²) in [6.45, 7) is 5.20. The van der Waals surface area contributed by atoms with Crippen molar-refractivity contribution in [3.63, 3.8) is 0 Å². The molecule has 130 valence electrons. The molecule has 2 aliphatic heterocycles. The molecule has 0 N–H and O–H groups in total. The number of anilines is 1. The highest BCUT2D eigenvalue weighted by atomic mass is 79.9. The second-order valence-electron chi connectivity index (χ2n) is 6.31. The van der Waals surface area contributed by atoms with E-state index in [1.807, 2.05) is 12.1 Å². The van der Waals surface area contributed by atoms with Gasteiger partial charge in [0.2, 0.25) is 0 Å². The molecule has 0 unspecified atom stereocenters. The van der Waals surface area contributed by atoms with Crippen molar-refractivity contribution in [2.75, 3.05) is 37.7 Å². The van der Waals surface area contributed by atoms with Crippen molar-refractivity contribution in [2.45, 2.75) is 6.54 Å². The lowest BCUT2D eigenvalue weighted by Crippen LogP contribution is -2.50. The van der Waals surface area contributed by atoms with Crippen LogP contribution in [0.5, 0.6) is 0 Å². The topological polar surface area (TPSA) is 43.9 Å². The van der Waals surface area contributed by atoms with Crippen LogP contribution in [-0.2, 0) is 11.3 Å². The van der Waals surface area contributed by atoms with E-state index < -0.39 is 11.7 Å². The molecule has 3 heterocycles. The van der Waals surface area contributed by atoms with Crippen LogP contribution in [0, 0.1) is 0 Å². The summed E-state index contributed by atoms with van der Waals surface area (Å²) >= 11 is 5.17. The van der Waals surface area contributed by atoms with Crippen LogP contribution < -0.4 is 4.90 Å². The Morgan fingerprint density at radius 2 is 1.76 bits per heavy atom. The van der Waals surface area contributed by atoms with Gasteiger partial charge in [-0.1, -0.05) is 12.1 Å². The number of halogens is 1. The van der Waals surface area contributed by atoms with E-state index in [0.29, 0.717) is 22.4 Å². The van der Waals surface area contributed by atoms with Crippen molar-refractivity contribution in [1.82, 2.24) is 9.80 Å². The first-order chi connectivity index (χ1) is 12.1. The van der Waals surface area contributed by atoms with Crippen LogP contribution in [0.15, 0.2) is 40.2 Å². The maximum absolute atomic E-state index is 12.4. The fraction of sp³-hybridized carbons (Fsp3) is 0.333. The number of carbonyl (C=O) groups is 2. The van der Waals surface area contributed by atoms with Gasteiger partial charge in [0.1, 0.15) is 0 Å². The van der Waals surface area contributed by atoms with Crippen molar-refractivity contribution in [1.29, 1.82) is 0 Å². The SMILES string of the molecule is O=C1C(=O)N(CN2CCN(Cc3cccs3)CC2)c2cccc(Br)c21. The van der Waals surface area contributed by atoms with Gasteiger partial charge in [0, 0.05) is 42.1 Å². The van der Waals surface area contributed by atoms with E-state index in [4.69, 9.17) is 0 Å². The van der Waals surface area contributed by atoms with Gasteiger partial charge in [0.15, 0.2) is 0 Å². The average molecular weight is 420 g/mol. The minimum absolute atomic E-state index is 0.418. The van der Waals surface area contributed by atoms with E-state index in [9.17, 15) is 9.59 Å². The molecule has 1 aromatic heterocycles. The lowest BCUT2D eigenvalue weighted by molar-refractivity contribution is -0.114. The number of thiophene rings is 1. The molecular weight excluding hydrogens is 402 g/mol. The summed E-state index contributed by atoms with van der Waals surface area (Å²) < 4.78 is 0.687. The summed E-state index contributed by atoms with van der Waals surface area (Å²) in [5, 5.41) is 2.11. The minimum Gasteiger partial charge on any atom is -0.296 e. The van der Waals surface area contributed by atoms with Crippen LogP contribution in [0.2, 0.25) is 0 Å². The molecule has 1 saturated heterocycles.